The lowest BCUT2D eigenvalue weighted by molar-refractivity contribution is -0.155. The highest BCUT2D eigenvalue weighted by molar-refractivity contribution is 6.31. The van der Waals surface area contributed by atoms with Crippen LogP contribution in [0.4, 0.5) is 8.78 Å². The Morgan fingerprint density at radius 1 is 1.35 bits per heavy atom. The number of benzene rings is 1. The maximum atomic E-state index is 13.2. The Morgan fingerprint density at radius 3 is 2.53 bits per heavy atom. The number of amides is 1. The van der Waals surface area contributed by atoms with E-state index in [4.69, 9.17) is 5.11 Å². The molecule has 0 atom stereocenters. The minimum Gasteiger partial charge on any atom is -0.474 e. The van der Waals surface area contributed by atoms with Crippen molar-refractivity contribution in [2.75, 3.05) is 13.6 Å². The molecule has 0 saturated carbocycles. The molecule has 1 aromatic rings. The first-order valence-corrected chi connectivity index (χ1v) is 4.84. The van der Waals surface area contributed by atoms with Crippen LogP contribution < -0.4 is 0 Å². The highest BCUT2D eigenvalue weighted by Gasteiger charge is 2.17. The SMILES string of the molecule is CN(CCc1ccc(F)cc1F)C(=O)C(=O)O. The monoisotopic (exact) mass is 243 g/mol. The van der Waals surface area contributed by atoms with Crippen molar-refractivity contribution < 1.29 is 23.5 Å². The summed E-state index contributed by atoms with van der Waals surface area (Å²) in [5.74, 6) is -4.01. The van der Waals surface area contributed by atoms with Crippen molar-refractivity contribution in [1.29, 1.82) is 0 Å². The van der Waals surface area contributed by atoms with Crippen LogP contribution in [0.2, 0.25) is 0 Å². The van der Waals surface area contributed by atoms with Gasteiger partial charge in [0, 0.05) is 19.7 Å². The Labute approximate surface area is 96.5 Å². The molecule has 17 heavy (non-hydrogen) atoms. The van der Waals surface area contributed by atoms with Crippen molar-refractivity contribution >= 4 is 11.9 Å². The summed E-state index contributed by atoms with van der Waals surface area (Å²) in [4.78, 5) is 22.3. The van der Waals surface area contributed by atoms with Gasteiger partial charge < -0.3 is 10.0 Å². The Hall–Kier alpha value is -1.98. The molecule has 6 heteroatoms. The molecule has 0 unspecified atom stereocenters. The molecule has 1 rings (SSSR count). The summed E-state index contributed by atoms with van der Waals surface area (Å²) >= 11 is 0. The third kappa shape index (κ3) is 3.51. The van der Waals surface area contributed by atoms with Crippen molar-refractivity contribution in [2.45, 2.75) is 6.42 Å². The van der Waals surface area contributed by atoms with Crippen LogP contribution in [0.1, 0.15) is 5.56 Å². The summed E-state index contributed by atoms with van der Waals surface area (Å²) in [5.41, 5.74) is 0.233. The summed E-state index contributed by atoms with van der Waals surface area (Å²) in [6.45, 7) is 0.0493. The van der Waals surface area contributed by atoms with E-state index in [1.54, 1.807) is 0 Å². The smallest absolute Gasteiger partial charge is 0.394 e. The first kappa shape index (κ1) is 13.1. The third-order valence-electron chi connectivity index (χ3n) is 2.26. The summed E-state index contributed by atoms with van der Waals surface area (Å²) in [5, 5.41) is 8.43. The maximum Gasteiger partial charge on any atom is 0.394 e. The lowest BCUT2D eigenvalue weighted by Gasteiger charge is -2.14. The van der Waals surface area contributed by atoms with Gasteiger partial charge in [0.15, 0.2) is 0 Å². The fourth-order valence-electron chi connectivity index (χ4n) is 1.28. The van der Waals surface area contributed by atoms with Gasteiger partial charge in [0.25, 0.3) is 0 Å². The molecule has 0 radical (unpaired) electrons. The number of carboxylic acid groups (broad SMARTS) is 1. The fourth-order valence-corrected chi connectivity index (χ4v) is 1.28. The highest BCUT2D eigenvalue weighted by atomic mass is 19.1. The molecule has 0 heterocycles. The molecule has 0 aliphatic rings. The zero-order chi connectivity index (χ0) is 13.0. The molecule has 4 nitrogen and oxygen atoms in total. The van der Waals surface area contributed by atoms with Crippen LogP contribution in [0.5, 0.6) is 0 Å². The molecule has 0 aromatic heterocycles. The Morgan fingerprint density at radius 2 is 2.00 bits per heavy atom. The van der Waals surface area contributed by atoms with E-state index < -0.39 is 23.5 Å². The number of halogens is 2. The predicted molar refractivity (Wildman–Crippen MR) is 55.3 cm³/mol. The van der Waals surface area contributed by atoms with Gasteiger partial charge in [-0.05, 0) is 18.1 Å². The first-order valence-electron chi connectivity index (χ1n) is 4.84. The second-order valence-electron chi connectivity index (χ2n) is 3.52. The molecular weight excluding hydrogens is 232 g/mol. The van der Waals surface area contributed by atoms with Gasteiger partial charge in [-0.25, -0.2) is 13.6 Å². The van der Waals surface area contributed by atoms with Gasteiger partial charge >= 0.3 is 11.9 Å². The number of hydrogen-bond acceptors (Lipinski definition) is 2. The van der Waals surface area contributed by atoms with Crippen LogP contribution in [0.3, 0.4) is 0 Å². The zero-order valence-corrected chi connectivity index (χ0v) is 9.11. The normalized spacial score (nSPS) is 10.1. The molecule has 1 N–H and O–H groups in total. The largest absolute Gasteiger partial charge is 0.474 e. The molecule has 92 valence electrons. The number of carbonyl (C=O) groups is 2. The molecule has 0 fully saturated rings. The van der Waals surface area contributed by atoms with E-state index in [0.29, 0.717) is 0 Å². The Kier molecular flexibility index (Phi) is 4.14. The van der Waals surface area contributed by atoms with Crippen LogP contribution in [-0.4, -0.2) is 35.5 Å². The maximum absolute atomic E-state index is 13.2. The number of carboxylic acids is 1. The van der Waals surface area contributed by atoms with E-state index in [2.05, 4.69) is 0 Å². The fraction of sp³-hybridized carbons (Fsp3) is 0.273. The highest BCUT2D eigenvalue weighted by Crippen LogP contribution is 2.10. The number of carbonyl (C=O) groups excluding carboxylic acids is 1. The van der Waals surface area contributed by atoms with Crippen LogP contribution >= 0.6 is 0 Å². The molecule has 1 amide bonds. The number of rotatable bonds is 3. The first-order chi connectivity index (χ1) is 7.91. The van der Waals surface area contributed by atoms with E-state index in [0.717, 1.165) is 17.0 Å². The molecule has 0 bridgehead atoms. The quantitative estimate of drug-likeness (QED) is 0.807. The molecule has 0 aliphatic heterocycles. The summed E-state index contributed by atoms with van der Waals surface area (Å²) in [6, 6.07) is 3.12. The molecule has 0 aliphatic carbocycles. The van der Waals surface area contributed by atoms with E-state index in [1.807, 2.05) is 0 Å². The van der Waals surface area contributed by atoms with Gasteiger partial charge in [0.1, 0.15) is 11.6 Å². The van der Waals surface area contributed by atoms with Gasteiger partial charge in [0.2, 0.25) is 0 Å². The molecule has 0 spiro atoms. The lowest BCUT2D eigenvalue weighted by Crippen LogP contribution is -2.34. The van der Waals surface area contributed by atoms with Crippen molar-refractivity contribution in [3.63, 3.8) is 0 Å². The van der Waals surface area contributed by atoms with Crippen LogP contribution in [0, 0.1) is 11.6 Å². The van der Waals surface area contributed by atoms with Gasteiger partial charge in [-0.15, -0.1) is 0 Å². The van der Waals surface area contributed by atoms with E-state index in [9.17, 15) is 18.4 Å². The van der Waals surface area contributed by atoms with E-state index >= 15 is 0 Å². The molecule has 0 saturated heterocycles. The van der Waals surface area contributed by atoms with Crippen molar-refractivity contribution in [2.24, 2.45) is 0 Å². The number of aliphatic carboxylic acids is 1. The van der Waals surface area contributed by atoms with Gasteiger partial charge in [-0.3, -0.25) is 4.79 Å². The van der Waals surface area contributed by atoms with Crippen LogP contribution in [0.15, 0.2) is 18.2 Å². The third-order valence-corrected chi connectivity index (χ3v) is 2.26. The summed E-state index contributed by atoms with van der Waals surface area (Å²) in [7, 11) is 1.30. The number of hydrogen-bond donors (Lipinski definition) is 1. The van der Waals surface area contributed by atoms with Crippen LogP contribution in [0.25, 0.3) is 0 Å². The minimum atomic E-state index is -1.56. The number of likely N-dealkylation sites (N-methyl/N-ethyl adjacent to an activating group) is 1. The Balaban J connectivity index is 2.62. The summed E-state index contributed by atoms with van der Waals surface area (Å²) in [6.07, 6.45) is 0.127. The van der Waals surface area contributed by atoms with Crippen molar-refractivity contribution in [3.8, 4) is 0 Å². The Bertz CT molecular complexity index is 448. The van der Waals surface area contributed by atoms with E-state index in [-0.39, 0.29) is 18.5 Å². The van der Waals surface area contributed by atoms with Crippen LogP contribution in [-0.2, 0) is 16.0 Å². The summed E-state index contributed by atoms with van der Waals surface area (Å²) < 4.78 is 25.8. The average Bonchev–Trinajstić information content (AvgIpc) is 2.26. The second-order valence-corrected chi connectivity index (χ2v) is 3.52. The predicted octanol–water partition coefficient (Wildman–Crippen LogP) is 1.05. The standard InChI is InChI=1S/C11H11F2NO3/c1-14(10(15)11(16)17)5-4-7-2-3-8(12)6-9(7)13/h2-3,6H,4-5H2,1H3,(H,16,17). The van der Waals surface area contributed by atoms with Crippen molar-refractivity contribution in [1.82, 2.24) is 4.90 Å². The van der Waals surface area contributed by atoms with Gasteiger partial charge in [0.05, 0.1) is 0 Å². The minimum absolute atomic E-state index is 0.0493. The number of nitrogens with zero attached hydrogens (tertiary/aromatic N) is 1. The zero-order valence-electron chi connectivity index (χ0n) is 9.11. The van der Waals surface area contributed by atoms with E-state index in [1.165, 1.54) is 13.1 Å². The van der Waals surface area contributed by atoms with Gasteiger partial charge in [-0.1, -0.05) is 6.07 Å². The topological polar surface area (TPSA) is 57.6 Å². The van der Waals surface area contributed by atoms with Gasteiger partial charge in [-0.2, -0.15) is 0 Å². The molecule has 1 aromatic carbocycles. The second kappa shape index (κ2) is 5.38. The lowest BCUT2D eigenvalue weighted by atomic mass is 10.1. The molecular formula is C11H11F2NO3. The average molecular weight is 243 g/mol. The van der Waals surface area contributed by atoms with Crippen molar-refractivity contribution in [3.05, 3.63) is 35.4 Å².